The van der Waals surface area contributed by atoms with Crippen LogP contribution in [-0.2, 0) is 26.2 Å². The molecule has 0 radical (unpaired) electrons. The minimum absolute atomic E-state index is 0.102. The fraction of sp³-hybridized carbons (Fsp3) is 0.188. The van der Waals surface area contributed by atoms with Gasteiger partial charge in [-0.15, -0.1) is 0 Å². The molecule has 0 saturated heterocycles. The Bertz CT molecular complexity index is 1210. The summed E-state index contributed by atoms with van der Waals surface area (Å²) in [5, 5.41) is 2.96. The van der Waals surface area contributed by atoms with E-state index in [-0.39, 0.29) is 18.7 Å². The molecule has 0 bridgehead atoms. The van der Waals surface area contributed by atoms with Gasteiger partial charge in [-0.05, 0) is 28.3 Å². The third-order valence-electron chi connectivity index (χ3n) is 6.66. The van der Waals surface area contributed by atoms with E-state index >= 15 is 0 Å². The van der Waals surface area contributed by atoms with E-state index in [1.807, 2.05) is 115 Å². The molecule has 0 aliphatic rings. The first kappa shape index (κ1) is 25.7. The van der Waals surface area contributed by atoms with E-state index in [9.17, 15) is 9.59 Å². The molecule has 4 aromatic carbocycles. The van der Waals surface area contributed by atoms with E-state index in [0.29, 0.717) is 5.75 Å². The summed E-state index contributed by atoms with van der Waals surface area (Å²) >= 11 is 0. The molecule has 5 nitrogen and oxygen atoms in total. The van der Waals surface area contributed by atoms with Crippen molar-refractivity contribution in [3.8, 4) is 5.75 Å². The van der Waals surface area contributed by atoms with Gasteiger partial charge in [-0.1, -0.05) is 109 Å². The molecular weight excluding hydrogens is 462 g/mol. The Hall–Kier alpha value is -4.38. The Morgan fingerprint density at radius 1 is 0.703 bits per heavy atom. The van der Waals surface area contributed by atoms with Gasteiger partial charge in [-0.3, -0.25) is 4.79 Å². The van der Waals surface area contributed by atoms with Crippen LogP contribution in [0.3, 0.4) is 0 Å². The summed E-state index contributed by atoms with van der Waals surface area (Å²) in [7, 11) is 2.91. The maximum atomic E-state index is 13.8. The predicted molar refractivity (Wildman–Crippen MR) is 144 cm³/mol. The van der Waals surface area contributed by atoms with E-state index < -0.39 is 17.4 Å². The van der Waals surface area contributed by atoms with Crippen LogP contribution in [0.2, 0.25) is 0 Å². The number of benzene rings is 4. The van der Waals surface area contributed by atoms with E-state index in [0.717, 1.165) is 22.3 Å². The van der Waals surface area contributed by atoms with Crippen LogP contribution in [0.1, 0.15) is 28.7 Å². The lowest BCUT2D eigenvalue weighted by Gasteiger charge is -2.36. The predicted octanol–water partition coefficient (Wildman–Crippen LogP) is 5.32. The van der Waals surface area contributed by atoms with Crippen molar-refractivity contribution < 1.29 is 19.1 Å². The molecule has 0 heterocycles. The fourth-order valence-corrected chi connectivity index (χ4v) is 4.89. The van der Waals surface area contributed by atoms with Crippen molar-refractivity contribution in [2.45, 2.75) is 24.3 Å². The van der Waals surface area contributed by atoms with Gasteiger partial charge in [0.1, 0.15) is 11.8 Å². The zero-order valence-electron chi connectivity index (χ0n) is 21.1. The number of methoxy groups -OCH3 is 2. The van der Waals surface area contributed by atoms with E-state index in [1.165, 1.54) is 7.11 Å². The lowest BCUT2D eigenvalue weighted by Crippen LogP contribution is -2.46. The quantitative estimate of drug-likeness (QED) is 0.240. The molecule has 37 heavy (non-hydrogen) atoms. The van der Waals surface area contributed by atoms with Crippen molar-refractivity contribution in [2.24, 2.45) is 0 Å². The third-order valence-corrected chi connectivity index (χ3v) is 6.66. The highest BCUT2D eigenvalue weighted by Crippen LogP contribution is 2.42. The second-order valence-corrected chi connectivity index (χ2v) is 8.84. The van der Waals surface area contributed by atoms with Crippen LogP contribution < -0.4 is 10.1 Å². The standard InChI is InChI=1S/C32H31NO4/c1-36-29-21-13-12-14-24(29)22-28(31(35)37-2)33-30(34)23-32(25-15-6-3-7-16-25,26-17-8-4-9-18-26)27-19-10-5-11-20-27/h3-21,28H,22-23H2,1-2H3,(H,33,34)/t28-/m1/s1. The average molecular weight is 494 g/mol. The van der Waals surface area contributed by atoms with Crippen molar-refractivity contribution in [3.05, 3.63) is 138 Å². The monoisotopic (exact) mass is 493 g/mol. The van der Waals surface area contributed by atoms with E-state index in [2.05, 4.69) is 5.32 Å². The summed E-state index contributed by atoms with van der Waals surface area (Å²) in [4.78, 5) is 26.6. The van der Waals surface area contributed by atoms with Gasteiger partial charge in [0.25, 0.3) is 0 Å². The Morgan fingerprint density at radius 2 is 1.16 bits per heavy atom. The smallest absolute Gasteiger partial charge is 0.328 e. The molecule has 0 fully saturated rings. The second-order valence-electron chi connectivity index (χ2n) is 8.84. The van der Waals surface area contributed by atoms with Gasteiger partial charge in [0.2, 0.25) is 5.91 Å². The molecule has 4 rings (SSSR count). The first-order valence-corrected chi connectivity index (χ1v) is 12.2. The largest absolute Gasteiger partial charge is 0.496 e. The summed E-state index contributed by atoms with van der Waals surface area (Å²) in [5.41, 5.74) is 3.01. The number of ether oxygens (including phenoxy) is 2. The minimum atomic E-state index is -0.867. The molecule has 0 aliphatic carbocycles. The van der Waals surface area contributed by atoms with Crippen molar-refractivity contribution in [1.29, 1.82) is 0 Å². The minimum Gasteiger partial charge on any atom is -0.496 e. The van der Waals surface area contributed by atoms with Gasteiger partial charge in [0.05, 0.1) is 19.6 Å². The van der Waals surface area contributed by atoms with E-state index in [1.54, 1.807) is 7.11 Å². The highest BCUT2D eigenvalue weighted by Gasteiger charge is 2.39. The van der Waals surface area contributed by atoms with Crippen LogP contribution in [0.4, 0.5) is 0 Å². The van der Waals surface area contributed by atoms with Crippen LogP contribution in [-0.4, -0.2) is 32.1 Å². The van der Waals surface area contributed by atoms with Crippen molar-refractivity contribution >= 4 is 11.9 Å². The number of esters is 1. The fourth-order valence-electron chi connectivity index (χ4n) is 4.89. The lowest BCUT2D eigenvalue weighted by atomic mass is 9.67. The summed E-state index contributed by atoms with van der Waals surface area (Å²) in [6.07, 6.45) is 0.349. The molecule has 1 N–H and O–H groups in total. The second kappa shape index (κ2) is 12.0. The summed E-state index contributed by atoms with van der Waals surface area (Å²) < 4.78 is 10.5. The molecule has 0 aromatic heterocycles. The van der Waals surface area contributed by atoms with Gasteiger partial charge >= 0.3 is 5.97 Å². The topological polar surface area (TPSA) is 64.6 Å². The number of amides is 1. The van der Waals surface area contributed by atoms with Crippen LogP contribution in [0.25, 0.3) is 0 Å². The molecule has 0 aliphatic heterocycles. The van der Waals surface area contributed by atoms with E-state index in [4.69, 9.17) is 9.47 Å². The number of rotatable bonds is 10. The average Bonchev–Trinajstić information content (AvgIpc) is 2.96. The van der Waals surface area contributed by atoms with Crippen molar-refractivity contribution in [3.63, 3.8) is 0 Å². The molecule has 0 unspecified atom stereocenters. The molecular formula is C32H31NO4. The van der Waals surface area contributed by atoms with Crippen LogP contribution in [0, 0.1) is 0 Å². The van der Waals surface area contributed by atoms with Gasteiger partial charge in [0.15, 0.2) is 0 Å². The zero-order chi connectivity index (χ0) is 26.1. The first-order valence-electron chi connectivity index (χ1n) is 12.2. The number of carbonyl (C=O) groups excluding carboxylic acids is 2. The molecule has 0 saturated carbocycles. The Kier molecular flexibility index (Phi) is 8.37. The highest BCUT2D eigenvalue weighted by atomic mass is 16.5. The number of para-hydroxylation sites is 1. The molecule has 0 spiro atoms. The maximum absolute atomic E-state index is 13.8. The maximum Gasteiger partial charge on any atom is 0.328 e. The third kappa shape index (κ3) is 5.72. The Balaban J connectivity index is 1.74. The van der Waals surface area contributed by atoms with Crippen LogP contribution in [0.15, 0.2) is 115 Å². The molecule has 1 amide bonds. The highest BCUT2D eigenvalue weighted by molar-refractivity contribution is 5.86. The summed E-state index contributed by atoms with van der Waals surface area (Å²) in [6.45, 7) is 0. The van der Waals surface area contributed by atoms with Gasteiger partial charge < -0.3 is 14.8 Å². The number of nitrogens with one attached hydrogen (secondary N) is 1. The number of hydrogen-bond donors (Lipinski definition) is 1. The van der Waals surface area contributed by atoms with Crippen LogP contribution in [0.5, 0.6) is 5.75 Å². The van der Waals surface area contributed by atoms with Crippen molar-refractivity contribution in [2.75, 3.05) is 14.2 Å². The molecule has 4 aromatic rings. The Morgan fingerprint density at radius 3 is 1.62 bits per heavy atom. The van der Waals surface area contributed by atoms with Gasteiger partial charge in [-0.25, -0.2) is 4.79 Å². The zero-order valence-corrected chi connectivity index (χ0v) is 21.1. The lowest BCUT2D eigenvalue weighted by molar-refractivity contribution is -0.145. The van der Waals surface area contributed by atoms with Crippen LogP contribution >= 0.6 is 0 Å². The van der Waals surface area contributed by atoms with Gasteiger partial charge in [-0.2, -0.15) is 0 Å². The molecule has 188 valence electrons. The number of hydrogen-bond acceptors (Lipinski definition) is 4. The SMILES string of the molecule is COC(=O)[C@@H](Cc1ccccc1OC)NC(=O)CC(c1ccccc1)(c1ccccc1)c1ccccc1. The molecule has 5 heteroatoms. The summed E-state index contributed by atoms with van der Waals surface area (Å²) in [5.74, 6) is -0.122. The normalized spacial score (nSPS) is 11.8. The summed E-state index contributed by atoms with van der Waals surface area (Å²) in [6, 6.07) is 36.6. The Labute approximate surface area is 218 Å². The molecule has 1 atom stereocenters. The van der Waals surface area contributed by atoms with Crippen molar-refractivity contribution in [1.82, 2.24) is 5.32 Å². The van der Waals surface area contributed by atoms with Gasteiger partial charge in [0, 0.05) is 12.8 Å². The number of carbonyl (C=O) groups is 2. The first-order chi connectivity index (χ1) is 18.1.